The Balaban J connectivity index is 2.09. The fourth-order valence-electron chi connectivity index (χ4n) is 2.21. The molecule has 1 aliphatic heterocycles. The molecule has 2 heterocycles. The fourth-order valence-corrected chi connectivity index (χ4v) is 2.21. The van der Waals surface area contributed by atoms with E-state index in [-0.39, 0.29) is 0 Å². The summed E-state index contributed by atoms with van der Waals surface area (Å²) in [6.45, 7) is 0.990. The molecule has 2 aromatic rings. The van der Waals surface area contributed by atoms with Gasteiger partial charge in [-0.25, -0.2) is 0 Å². The van der Waals surface area contributed by atoms with E-state index in [9.17, 15) is 0 Å². The van der Waals surface area contributed by atoms with E-state index in [0.717, 1.165) is 36.6 Å². The molecule has 5 heteroatoms. The van der Waals surface area contributed by atoms with Gasteiger partial charge in [-0.15, -0.1) is 10.2 Å². The zero-order chi connectivity index (χ0) is 11.8. The van der Waals surface area contributed by atoms with E-state index >= 15 is 0 Å². The number of benzene rings is 1. The third-order valence-electron chi connectivity index (χ3n) is 3.10. The van der Waals surface area contributed by atoms with Gasteiger partial charge in [0.1, 0.15) is 11.6 Å². The SMILES string of the molecule is COc1cc(-c2nnc3n2CCC3)ccc1N. The van der Waals surface area contributed by atoms with Gasteiger partial charge >= 0.3 is 0 Å². The molecule has 3 rings (SSSR count). The molecule has 88 valence electrons. The summed E-state index contributed by atoms with van der Waals surface area (Å²) in [5, 5.41) is 8.42. The molecule has 1 aliphatic rings. The molecule has 0 radical (unpaired) electrons. The van der Waals surface area contributed by atoms with E-state index in [1.807, 2.05) is 18.2 Å². The van der Waals surface area contributed by atoms with Crippen LogP contribution >= 0.6 is 0 Å². The highest BCUT2D eigenvalue weighted by molar-refractivity contribution is 5.65. The molecule has 0 atom stereocenters. The molecule has 0 spiro atoms. The van der Waals surface area contributed by atoms with Crippen molar-refractivity contribution in [2.24, 2.45) is 0 Å². The summed E-state index contributed by atoms with van der Waals surface area (Å²) in [6, 6.07) is 5.70. The number of rotatable bonds is 2. The first kappa shape index (κ1) is 10.1. The summed E-state index contributed by atoms with van der Waals surface area (Å²) in [7, 11) is 1.61. The number of ether oxygens (including phenoxy) is 1. The number of nitrogens with zero attached hydrogens (tertiary/aromatic N) is 3. The molecule has 1 aromatic carbocycles. The smallest absolute Gasteiger partial charge is 0.164 e. The monoisotopic (exact) mass is 230 g/mol. The lowest BCUT2D eigenvalue weighted by Gasteiger charge is -2.07. The second-order valence-corrected chi connectivity index (χ2v) is 4.15. The number of aryl methyl sites for hydroxylation is 1. The highest BCUT2D eigenvalue weighted by Gasteiger charge is 2.18. The minimum atomic E-state index is 0.636. The molecule has 2 N–H and O–H groups in total. The van der Waals surface area contributed by atoms with Crippen LogP contribution in [0.25, 0.3) is 11.4 Å². The number of methoxy groups -OCH3 is 1. The molecule has 0 unspecified atom stereocenters. The standard InChI is InChI=1S/C12H14N4O/c1-17-10-7-8(4-5-9(10)13)12-15-14-11-3-2-6-16(11)12/h4-5,7H,2-3,6,13H2,1H3. The van der Waals surface area contributed by atoms with Crippen molar-refractivity contribution in [3.63, 3.8) is 0 Å². The third kappa shape index (κ3) is 1.54. The number of nitrogen functional groups attached to an aromatic ring is 1. The van der Waals surface area contributed by atoms with Crippen LogP contribution in [0.4, 0.5) is 5.69 Å². The summed E-state index contributed by atoms with van der Waals surface area (Å²) in [6.07, 6.45) is 2.16. The van der Waals surface area contributed by atoms with Crippen LogP contribution in [0.3, 0.4) is 0 Å². The van der Waals surface area contributed by atoms with Gasteiger partial charge in [0, 0.05) is 18.5 Å². The van der Waals surface area contributed by atoms with Crippen molar-refractivity contribution in [3.8, 4) is 17.1 Å². The van der Waals surface area contributed by atoms with Gasteiger partial charge < -0.3 is 15.0 Å². The van der Waals surface area contributed by atoms with E-state index in [1.54, 1.807) is 7.11 Å². The molecular weight excluding hydrogens is 216 g/mol. The highest BCUT2D eigenvalue weighted by atomic mass is 16.5. The molecule has 0 fully saturated rings. The number of aromatic nitrogens is 3. The summed E-state index contributed by atoms with van der Waals surface area (Å²) in [5.41, 5.74) is 7.43. The Morgan fingerprint density at radius 1 is 1.35 bits per heavy atom. The average Bonchev–Trinajstić information content (AvgIpc) is 2.92. The maximum atomic E-state index is 5.80. The molecule has 1 aromatic heterocycles. The van der Waals surface area contributed by atoms with Crippen LogP contribution < -0.4 is 10.5 Å². The van der Waals surface area contributed by atoms with Gasteiger partial charge in [0.25, 0.3) is 0 Å². The summed E-state index contributed by atoms with van der Waals surface area (Å²) in [5.74, 6) is 2.64. The second-order valence-electron chi connectivity index (χ2n) is 4.15. The van der Waals surface area contributed by atoms with E-state index in [2.05, 4.69) is 14.8 Å². The summed E-state index contributed by atoms with van der Waals surface area (Å²) in [4.78, 5) is 0. The predicted octanol–water partition coefficient (Wildman–Crippen LogP) is 1.48. The Hall–Kier alpha value is -2.04. The lowest BCUT2D eigenvalue weighted by molar-refractivity contribution is 0.417. The third-order valence-corrected chi connectivity index (χ3v) is 3.10. The fraction of sp³-hybridized carbons (Fsp3) is 0.333. The topological polar surface area (TPSA) is 66.0 Å². The second kappa shape index (κ2) is 3.76. The van der Waals surface area contributed by atoms with Crippen molar-refractivity contribution in [1.82, 2.24) is 14.8 Å². The Labute approximate surface area is 99.2 Å². The van der Waals surface area contributed by atoms with Crippen LogP contribution in [0, 0.1) is 0 Å². The Kier molecular flexibility index (Phi) is 2.24. The van der Waals surface area contributed by atoms with Crippen molar-refractivity contribution in [2.45, 2.75) is 19.4 Å². The largest absolute Gasteiger partial charge is 0.495 e. The lowest BCUT2D eigenvalue weighted by atomic mass is 10.2. The molecule has 0 saturated carbocycles. The number of hydrogen-bond donors (Lipinski definition) is 1. The van der Waals surface area contributed by atoms with E-state index in [0.29, 0.717) is 11.4 Å². The van der Waals surface area contributed by atoms with Gasteiger partial charge in [-0.2, -0.15) is 0 Å². The Morgan fingerprint density at radius 3 is 3.06 bits per heavy atom. The van der Waals surface area contributed by atoms with Crippen molar-refractivity contribution in [3.05, 3.63) is 24.0 Å². The zero-order valence-electron chi connectivity index (χ0n) is 9.68. The van der Waals surface area contributed by atoms with Crippen LogP contribution in [0.5, 0.6) is 5.75 Å². The lowest BCUT2D eigenvalue weighted by Crippen LogP contribution is -1.98. The van der Waals surface area contributed by atoms with Gasteiger partial charge in [0.2, 0.25) is 0 Å². The minimum absolute atomic E-state index is 0.636. The number of fused-ring (bicyclic) bond motifs is 1. The molecule has 17 heavy (non-hydrogen) atoms. The number of nitrogens with two attached hydrogens (primary N) is 1. The van der Waals surface area contributed by atoms with Crippen molar-refractivity contribution in [1.29, 1.82) is 0 Å². The van der Waals surface area contributed by atoms with Crippen LogP contribution in [-0.2, 0) is 13.0 Å². The molecule has 0 bridgehead atoms. The van der Waals surface area contributed by atoms with Gasteiger partial charge in [-0.05, 0) is 24.6 Å². The van der Waals surface area contributed by atoms with Gasteiger partial charge in [0.15, 0.2) is 5.82 Å². The first-order chi connectivity index (χ1) is 8.29. The first-order valence-electron chi connectivity index (χ1n) is 5.65. The Morgan fingerprint density at radius 2 is 2.24 bits per heavy atom. The Bertz CT molecular complexity index is 562. The van der Waals surface area contributed by atoms with Crippen LogP contribution in [0.15, 0.2) is 18.2 Å². The minimum Gasteiger partial charge on any atom is -0.495 e. The maximum absolute atomic E-state index is 5.80. The van der Waals surface area contributed by atoms with E-state index in [4.69, 9.17) is 10.5 Å². The summed E-state index contributed by atoms with van der Waals surface area (Å²) >= 11 is 0. The van der Waals surface area contributed by atoms with Crippen molar-refractivity contribution >= 4 is 5.69 Å². The van der Waals surface area contributed by atoms with Crippen molar-refractivity contribution < 1.29 is 4.74 Å². The number of anilines is 1. The number of hydrogen-bond acceptors (Lipinski definition) is 4. The highest BCUT2D eigenvalue weighted by Crippen LogP contribution is 2.29. The quantitative estimate of drug-likeness (QED) is 0.794. The van der Waals surface area contributed by atoms with Gasteiger partial charge in [0.05, 0.1) is 12.8 Å². The van der Waals surface area contributed by atoms with Gasteiger partial charge in [-0.1, -0.05) is 0 Å². The molecular formula is C12H14N4O. The van der Waals surface area contributed by atoms with E-state index < -0.39 is 0 Å². The van der Waals surface area contributed by atoms with Crippen LogP contribution in [0.2, 0.25) is 0 Å². The average molecular weight is 230 g/mol. The molecule has 5 nitrogen and oxygen atoms in total. The predicted molar refractivity (Wildman–Crippen MR) is 64.7 cm³/mol. The van der Waals surface area contributed by atoms with Crippen molar-refractivity contribution in [2.75, 3.05) is 12.8 Å². The van der Waals surface area contributed by atoms with E-state index in [1.165, 1.54) is 0 Å². The van der Waals surface area contributed by atoms with Crippen LogP contribution in [0.1, 0.15) is 12.2 Å². The van der Waals surface area contributed by atoms with Gasteiger partial charge in [-0.3, -0.25) is 0 Å². The first-order valence-corrected chi connectivity index (χ1v) is 5.65. The van der Waals surface area contributed by atoms with Crippen LogP contribution in [-0.4, -0.2) is 21.9 Å². The maximum Gasteiger partial charge on any atom is 0.164 e. The molecule has 0 saturated heterocycles. The molecule has 0 aliphatic carbocycles. The zero-order valence-corrected chi connectivity index (χ0v) is 9.68. The molecule has 0 amide bonds. The summed E-state index contributed by atoms with van der Waals surface area (Å²) < 4.78 is 7.38. The normalized spacial score (nSPS) is 13.7.